The Kier molecular flexibility index (Phi) is 3.06. The van der Waals surface area contributed by atoms with E-state index in [1.165, 1.54) is 0 Å². The van der Waals surface area contributed by atoms with Gasteiger partial charge in [-0.3, -0.25) is 0 Å². The Morgan fingerprint density at radius 1 is 1.36 bits per heavy atom. The SMILES string of the molecule is FC(F)(F)SCCC1CNC1. The zero-order chi connectivity index (χ0) is 8.32. The first kappa shape index (κ1) is 9.19. The van der Waals surface area contributed by atoms with Gasteiger partial charge < -0.3 is 5.32 Å². The van der Waals surface area contributed by atoms with Crippen molar-refractivity contribution in [3.63, 3.8) is 0 Å². The third kappa shape index (κ3) is 3.86. The molecule has 0 radical (unpaired) electrons. The maximum Gasteiger partial charge on any atom is 0.441 e. The van der Waals surface area contributed by atoms with Crippen molar-refractivity contribution in [1.82, 2.24) is 5.32 Å². The Balaban J connectivity index is 1.95. The van der Waals surface area contributed by atoms with Crippen LogP contribution in [-0.4, -0.2) is 24.4 Å². The predicted octanol–water partition coefficient (Wildman–Crippen LogP) is 1.85. The fourth-order valence-electron chi connectivity index (χ4n) is 0.894. The summed E-state index contributed by atoms with van der Waals surface area (Å²) in [6.07, 6.45) is 0.678. The molecular weight excluding hydrogens is 175 g/mol. The van der Waals surface area contributed by atoms with Crippen LogP contribution in [-0.2, 0) is 0 Å². The summed E-state index contributed by atoms with van der Waals surface area (Å²) in [4.78, 5) is 0. The van der Waals surface area contributed by atoms with Gasteiger partial charge in [-0.05, 0) is 25.4 Å². The number of halogens is 3. The Bertz CT molecular complexity index is 121. The molecule has 1 fully saturated rings. The average Bonchev–Trinajstić information content (AvgIpc) is 1.73. The summed E-state index contributed by atoms with van der Waals surface area (Å²) >= 11 is 0.0834. The standard InChI is InChI=1S/C6H10F3NS/c7-6(8,9)11-2-1-5-3-10-4-5/h5,10H,1-4H2. The highest BCUT2D eigenvalue weighted by Crippen LogP contribution is 2.31. The number of nitrogens with one attached hydrogen (secondary N) is 1. The maximum atomic E-state index is 11.6. The van der Waals surface area contributed by atoms with Crippen LogP contribution in [0.5, 0.6) is 0 Å². The largest absolute Gasteiger partial charge is 0.441 e. The van der Waals surface area contributed by atoms with Gasteiger partial charge in [0.15, 0.2) is 0 Å². The zero-order valence-electron chi connectivity index (χ0n) is 5.95. The fraction of sp³-hybridized carbons (Fsp3) is 1.00. The van der Waals surface area contributed by atoms with E-state index in [-0.39, 0.29) is 17.5 Å². The number of alkyl halides is 3. The molecule has 0 aromatic carbocycles. The molecule has 0 aromatic heterocycles. The Labute approximate surface area is 67.7 Å². The zero-order valence-corrected chi connectivity index (χ0v) is 6.76. The maximum absolute atomic E-state index is 11.6. The van der Waals surface area contributed by atoms with Gasteiger partial charge in [-0.25, -0.2) is 0 Å². The molecule has 0 atom stereocenters. The molecule has 1 aliphatic heterocycles. The van der Waals surface area contributed by atoms with Crippen LogP contribution in [0.4, 0.5) is 13.2 Å². The summed E-state index contributed by atoms with van der Waals surface area (Å²) in [6.45, 7) is 1.77. The molecule has 66 valence electrons. The highest BCUT2D eigenvalue weighted by molar-refractivity contribution is 8.00. The van der Waals surface area contributed by atoms with Crippen molar-refractivity contribution in [1.29, 1.82) is 0 Å². The second kappa shape index (κ2) is 3.67. The van der Waals surface area contributed by atoms with E-state index in [4.69, 9.17) is 0 Å². The highest BCUT2D eigenvalue weighted by atomic mass is 32.2. The van der Waals surface area contributed by atoms with E-state index in [1.807, 2.05) is 0 Å². The van der Waals surface area contributed by atoms with Crippen LogP contribution >= 0.6 is 11.8 Å². The molecule has 0 aromatic rings. The first-order valence-electron chi connectivity index (χ1n) is 3.49. The van der Waals surface area contributed by atoms with Gasteiger partial charge in [0.2, 0.25) is 0 Å². The third-order valence-corrected chi connectivity index (χ3v) is 2.43. The van der Waals surface area contributed by atoms with Crippen LogP contribution in [0.3, 0.4) is 0 Å². The minimum absolute atomic E-state index is 0.0834. The van der Waals surface area contributed by atoms with Crippen molar-refractivity contribution in [2.75, 3.05) is 18.8 Å². The predicted molar refractivity (Wildman–Crippen MR) is 39.5 cm³/mol. The van der Waals surface area contributed by atoms with Gasteiger partial charge in [0, 0.05) is 5.75 Å². The summed E-state index contributed by atoms with van der Waals surface area (Å²) in [5.41, 5.74) is -4.04. The fourth-order valence-corrected chi connectivity index (χ4v) is 1.58. The first-order valence-corrected chi connectivity index (χ1v) is 4.48. The molecule has 1 rings (SSSR count). The molecule has 0 unspecified atom stereocenters. The topological polar surface area (TPSA) is 12.0 Å². The minimum atomic E-state index is -4.04. The molecule has 0 amide bonds. The van der Waals surface area contributed by atoms with E-state index < -0.39 is 5.51 Å². The van der Waals surface area contributed by atoms with Crippen LogP contribution in [0.25, 0.3) is 0 Å². The van der Waals surface area contributed by atoms with Crippen LogP contribution in [0.15, 0.2) is 0 Å². The summed E-state index contributed by atoms with van der Waals surface area (Å²) in [5, 5.41) is 3.02. The summed E-state index contributed by atoms with van der Waals surface area (Å²) in [5.74, 6) is 0.681. The van der Waals surface area contributed by atoms with Crippen molar-refractivity contribution in [3.8, 4) is 0 Å². The van der Waals surface area contributed by atoms with Crippen LogP contribution in [0.1, 0.15) is 6.42 Å². The summed E-state index contributed by atoms with van der Waals surface area (Å²) in [6, 6.07) is 0. The van der Waals surface area contributed by atoms with E-state index >= 15 is 0 Å². The number of rotatable bonds is 3. The lowest BCUT2D eigenvalue weighted by molar-refractivity contribution is -0.0328. The van der Waals surface area contributed by atoms with E-state index in [2.05, 4.69) is 5.32 Å². The molecule has 5 heteroatoms. The van der Waals surface area contributed by atoms with Crippen LogP contribution < -0.4 is 5.32 Å². The number of hydrogen-bond acceptors (Lipinski definition) is 2. The summed E-state index contributed by atoms with van der Waals surface area (Å²) in [7, 11) is 0. The number of thioether (sulfide) groups is 1. The van der Waals surface area contributed by atoms with Gasteiger partial charge in [-0.1, -0.05) is 11.8 Å². The van der Waals surface area contributed by atoms with E-state index in [0.29, 0.717) is 12.3 Å². The number of hydrogen-bond donors (Lipinski definition) is 1. The van der Waals surface area contributed by atoms with E-state index in [0.717, 1.165) is 13.1 Å². The van der Waals surface area contributed by atoms with Gasteiger partial charge in [0.25, 0.3) is 0 Å². The second-order valence-corrected chi connectivity index (χ2v) is 3.77. The minimum Gasteiger partial charge on any atom is -0.316 e. The smallest absolute Gasteiger partial charge is 0.316 e. The summed E-state index contributed by atoms with van der Waals surface area (Å²) < 4.78 is 34.7. The van der Waals surface area contributed by atoms with Gasteiger partial charge in [0.1, 0.15) is 0 Å². The van der Waals surface area contributed by atoms with Crippen LogP contribution in [0.2, 0.25) is 0 Å². The van der Waals surface area contributed by atoms with Crippen molar-refractivity contribution in [2.24, 2.45) is 5.92 Å². The van der Waals surface area contributed by atoms with E-state index in [1.54, 1.807) is 0 Å². The van der Waals surface area contributed by atoms with Crippen LogP contribution in [0, 0.1) is 5.92 Å². The lowest BCUT2D eigenvalue weighted by atomic mass is 10.0. The normalized spacial score (nSPS) is 19.9. The van der Waals surface area contributed by atoms with Gasteiger partial charge >= 0.3 is 5.51 Å². The Morgan fingerprint density at radius 3 is 2.36 bits per heavy atom. The van der Waals surface area contributed by atoms with Gasteiger partial charge in [0.05, 0.1) is 0 Å². The lowest BCUT2D eigenvalue weighted by Gasteiger charge is -2.26. The van der Waals surface area contributed by atoms with E-state index in [9.17, 15) is 13.2 Å². The molecule has 1 heterocycles. The molecule has 1 nitrogen and oxygen atoms in total. The molecular formula is C6H10F3NS. The van der Waals surface area contributed by atoms with Crippen molar-refractivity contribution in [3.05, 3.63) is 0 Å². The quantitative estimate of drug-likeness (QED) is 0.720. The molecule has 0 aliphatic carbocycles. The third-order valence-electron chi connectivity index (χ3n) is 1.66. The van der Waals surface area contributed by atoms with Gasteiger partial charge in [-0.15, -0.1) is 0 Å². The monoisotopic (exact) mass is 185 g/mol. The highest BCUT2D eigenvalue weighted by Gasteiger charge is 2.28. The van der Waals surface area contributed by atoms with Crippen molar-refractivity contribution >= 4 is 11.8 Å². The van der Waals surface area contributed by atoms with Crippen molar-refractivity contribution in [2.45, 2.75) is 11.9 Å². The lowest BCUT2D eigenvalue weighted by Crippen LogP contribution is -2.42. The average molecular weight is 185 g/mol. The Morgan fingerprint density at radius 2 is 2.00 bits per heavy atom. The molecule has 0 saturated carbocycles. The van der Waals surface area contributed by atoms with Gasteiger partial charge in [-0.2, -0.15) is 13.2 Å². The molecule has 0 bridgehead atoms. The molecule has 1 N–H and O–H groups in total. The molecule has 1 saturated heterocycles. The molecule has 0 spiro atoms. The first-order chi connectivity index (χ1) is 5.08. The molecule has 1 aliphatic rings. The molecule has 11 heavy (non-hydrogen) atoms. The second-order valence-electron chi connectivity index (χ2n) is 2.61. The van der Waals surface area contributed by atoms with Crippen molar-refractivity contribution < 1.29 is 13.2 Å². The Hall–Kier alpha value is 0.1000.